The molecule has 0 unspecified atom stereocenters. The van der Waals surface area contributed by atoms with Gasteiger partial charge in [-0.25, -0.2) is 0 Å². The number of aliphatic hydroxyl groups is 1. The molecule has 4 heteroatoms. The number of benzene rings is 1. The van der Waals surface area contributed by atoms with Gasteiger partial charge in [0.25, 0.3) is 0 Å². The van der Waals surface area contributed by atoms with E-state index in [-0.39, 0.29) is 6.61 Å². The predicted molar refractivity (Wildman–Crippen MR) is 83.8 cm³/mol. The second-order valence-electron chi connectivity index (χ2n) is 4.57. The molecule has 0 bridgehead atoms. The SMILES string of the molecule is CCCCC(Cl)(Cl)[C@H](O)C#CCOCc1ccccc1. The molecular formula is C16H20Cl2O2. The Morgan fingerprint density at radius 2 is 2.00 bits per heavy atom. The molecule has 0 saturated carbocycles. The van der Waals surface area contributed by atoms with Crippen LogP contribution >= 0.6 is 23.2 Å². The Labute approximate surface area is 131 Å². The van der Waals surface area contributed by atoms with Crippen molar-refractivity contribution < 1.29 is 9.84 Å². The first-order valence-electron chi connectivity index (χ1n) is 6.72. The Kier molecular flexibility index (Phi) is 8.02. The van der Waals surface area contributed by atoms with Crippen LogP contribution in [0.2, 0.25) is 0 Å². The Hall–Kier alpha value is -0.720. The molecule has 0 aliphatic rings. The van der Waals surface area contributed by atoms with Gasteiger partial charge in [0.15, 0.2) is 4.33 Å². The maximum absolute atomic E-state index is 9.83. The van der Waals surface area contributed by atoms with Gasteiger partial charge in [-0.3, -0.25) is 0 Å². The van der Waals surface area contributed by atoms with Crippen molar-refractivity contribution in [3.63, 3.8) is 0 Å². The molecule has 1 aromatic carbocycles. The number of aliphatic hydroxyl groups excluding tert-OH is 1. The minimum Gasteiger partial charge on any atom is -0.377 e. The number of ether oxygens (including phenoxy) is 1. The fourth-order valence-corrected chi connectivity index (χ4v) is 1.96. The molecule has 0 heterocycles. The molecule has 1 rings (SSSR count). The third-order valence-electron chi connectivity index (χ3n) is 2.79. The first-order chi connectivity index (χ1) is 9.56. The van der Waals surface area contributed by atoms with Gasteiger partial charge in [0.1, 0.15) is 12.7 Å². The number of hydrogen-bond acceptors (Lipinski definition) is 2. The highest BCUT2D eigenvalue weighted by Gasteiger charge is 2.31. The van der Waals surface area contributed by atoms with Crippen LogP contribution in [0.25, 0.3) is 0 Å². The molecule has 0 aliphatic heterocycles. The molecule has 0 amide bonds. The van der Waals surface area contributed by atoms with Crippen molar-refractivity contribution in [2.45, 2.75) is 43.2 Å². The highest BCUT2D eigenvalue weighted by Crippen LogP contribution is 2.31. The van der Waals surface area contributed by atoms with Crippen molar-refractivity contribution in [3.8, 4) is 11.8 Å². The summed E-state index contributed by atoms with van der Waals surface area (Å²) in [5.41, 5.74) is 1.09. The van der Waals surface area contributed by atoms with E-state index in [1.165, 1.54) is 0 Å². The van der Waals surface area contributed by atoms with Crippen LogP contribution in [-0.4, -0.2) is 22.2 Å². The standard InChI is InChI=1S/C16H20Cl2O2/c1-2-3-11-16(17,18)15(19)10-7-12-20-13-14-8-5-4-6-9-14/h4-6,8-9,15,19H,2-3,11-13H2,1H3/t15-/m1/s1. The van der Waals surface area contributed by atoms with Gasteiger partial charge in [-0.15, -0.1) is 0 Å². The van der Waals surface area contributed by atoms with Crippen molar-refractivity contribution in [2.75, 3.05) is 6.61 Å². The summed E-state index contributed by atoms with van der Waals surface area (Å²) < 4.78 is 4.19. The van der Waals surface area contributed by atoms with Crippen LogP contribution in [0.5, 0.6) is 0 Å². The molecule has 0 radical (unpaired) electrons. The predicted octanol–water partition coefficient (Wildman–Crippen LogP) is 3.93. The van der Waals surface area contributed by atoms with E-state index in [9.17, 15) is 5.11 Å². The first-order valence-corrected chi connectivity index (χ1v) is 7.48. The van der Waals surface area contributed by atoms with E-state index >= 15 is 0 Å². The largest absolute Gasteiger partial charge is 0.377 e. The summed E-state index contributed by atoms with van der Waals surface area (Å²) in [5.74, 6) is 5.38. The molecular weight excluding hydrogens is 295 g/mol. The Bertz CT molecular complexity index is 435. The number of unbranched alkanes of at least 4 members (excludes halogenated alkanes) is 1. The maximum Gasteiger partial charge on any atom is 0.155 e. The zero-order chi connectivity index (χ0) is 14.8. The molecule has 2 nitrogen and oxygen atoms in total. The molecule has 0 saturated heterocycles. The lowest BCUT2D eigenvalue weighted by atomic mass is 10.1. The summed E-state index contributed by atoms with van der Waals surface area (Å²) in [6.07, 6.45) is 1.29. The number of halogens is 2. The zero-order valence-electron chi connectivity index (χ0n) is 11.6. The molecule has 0 spiro atoms. The Morgan fingerprint density at radius 3 is 2.65 bits per heavy atom. The van der Waals surface area contributed by atoms with Gasteiger partial charge in [0.05, 0.1) is 6.61 Å². The molecule has 1 atom stereocenters. The quantitative estimate of drug-likeness (QED) is 0.469. The van der Waals surface area contributed by atoms with Crippen LogP contribution in [0.4, 0.5) is 0 Å². The van der Waals surface area contributed by atoms with Gasteiger partial charge in [0.2, 0.25) is 0 Å². The average molecular weight is 315 g/mol. The van der Waals surface area contributed by atoms with Gasteiger partial charge in [-0.1, -0.05) is 85.1 Å². The number of rotatable bonds is 7. The van der Waals surface area contributed by atoms with Crippen LogP contribution in [-0.2, 0) is 11.3 Å². The summed E-state index contributed by atoms with van der Waals surface area (Å²) >= 11 is 12.1. The summed E-state index contributed by atoms with van der Waals surface area (Å²) in [6.45, 7) is 2.78. The van der Waals surface area contributed by atoms with Gasteiger partial charge in [0, 0.05) is 0 Å². The van der Waals surface area contributed by atoms with Crippen molar-refractivity contribution in [1.29, 1.82) is 0 Å². The molecule has 0 aromatic heterocycles. The van der Waals surface area contributed by atoms with Crippen LogP contribution in [0, 0.1) is 11.8 Å². The van der Waals surface area contributed by atoms with Gasteiger partial charge < -0.3 is 9.84 Å². The zero-order valence-corrected chi connectivity index (χ0v) is 13.1. The average Bonchev–Trinajstić information content (AvgIpc) is 2.45. The van der Waals surface area contributed by atoms with Gasteiger partial charge in [-0.2, -0.15) is 0 Å². The van der Waals surface area contributed by atoms with E-state index in [2.05, 4.69) is 11.8 Å². The van der Waals surface area contributed by atoms with E-state index in [4.69, 9.17) is 27.9 Å². The van der Waals surface area contributed by atoms with Crippen molar-refractivity contribution in [2.24, 2.45) is 0 Å². The van der Waals surface area contributed by atoms with Gasteiger partial charge >= 0.3 is 0 Å². The highest BCUT2D eigenvalue weighted by molar-refractivity contribution is 6.49. The fourth-order valence-electron chi connectivity index (χ4n) is 1.59. The normalized spacial score (nSPS) is 12.6. The second-order valence-corrected chi connectivity index (χ2v) is 6.11. The third-order valence-corrected chi connectivity index (χ3v) is 3.58. The van der Waals surface area contributed by atoms with Gasteiger partial charge in [-0.05, 0) is 12.0 Å². The molecule has 1 aromatic rings. The van der Waals surface area contributed by atoms with Crippen LogP contribution in [0.15, 0.2) is 30.3 Å². The molecule has 110 valence electrons. The minimum absolute atomic E-state index is 0.240. The first kappa shape index (κ1) is 17.3. The summed E-state index contributed by atoms with van der Waals surface area (Å²) in [6, 6.07) is 9.83. The summed E-state index contributed by atoms with van der Waals surface area (Å²) in [5, 5.41) is 9.83. The Morgan fingerprint density at radius 1 is 1.30 bits per heavy atom. The molecule has 0 fully saturated rings. The van der Waals surface area contributed by atoms with E-state index in [1.807, 2.05) is 37.3 Å². The van der Waals surface area contributed by atoms with E-state index in [1.54, 1.807) is 0 Å². The molecule has 0 aliphatic carbocycles. The van der Waals surface area contributed by atoms with Crippen LogP contribution < -0.4 is 0 Å². The number of hydrogen-bond donors (Lipinski definition) is 1. The molecule has 20 heavy (non-hydrogen) atoms. The van der Waals surface area contributed by atoms with Crippen LogP contribution in [0.1, 0.15) is 31.7 Å². The Balaban J connectivity index is 2.31. The lowest BCUT2D eigenvalue weighted by Crippen LogP contribution is -2.29. The second kappa shape index (κ2) is 9.26. The van der Waals surface area contributed by atoms with E-state index in [0.29, 0.717) is 13.0 Å². The van der Waals surface area contributed by atoms with Crippen LogP contribution in [0.3, 0.4) is 0 Å². The fraction of sp³-hybridized carbons (Fsp3) is 0.500. The minimum atomic E-state index is -1.21. The maximum atomic E-state index is 9.83. The topological polar surface area (TPSA) is 29.5 Å². The highest BCUT2D eigenvalue weighted by atomic mass is 35.5. The van der Waals surface area contributed by atoms with E-state index in [0.717, 1.165) is 18.4 Å². The van der Waals surface area contributed by atoms with Crippen molar-refractivity contribution >= 4 is 23.2 Å². The lowest BCUT2D eigenvalue weighted by molar-refractivity contribution is 0.152. The summed E-state index contributed by atoms with van der Waals surface area (Å²) in [4.78, 5) is 0. The van der Waals surface area contributed by atoms with E-state index < -0.39 is 10.4 Å². The smallest absolute Gasteiger partial charge is 0.155 e. The summed E-state index contributed by atoms with van der Waals surface area (Å²) in [7, 11) is 0. The lowest BCUT2D eigenvalue weighted by Gasteiger charge is -2.21. The third kappa shape index (κ3) is 6.63. The molecule has 1 N–H and O–H groups in total. The monoisotopic (exact) mass is 314 g/mol. The van der Waals surface area contributed by atoms with Crippen molar-refractivity contribution in [1.82, 2.24) is 0 Å². The number of alkyl halides is 2. The van der Waals surface area contributed by atoms with Crippen molar-refractivity contribution in [3.05, 3.63) is 35.9 Å².